The van der Waals surface area contributed by atoms with E-state index in [9.17, 15) is 4.79 Å². The Morgan fingerprint density at radius 1 is 1.55 bits per heavy atom. The fraction of sp³-hybridized carbons (Fsp3) is 0.700. The second-order valence-corrected chi connectivity index (χ2v) is 4.20. The van der Waals surface area contributed by atoms with Gasteiger partial charge in [-0.05, 0) is 19.8 Å². The summed E-state index contributed by atoms with van der Waals surface area (Å²) in [6, 6.07) is 0. The Balaban J connectivity index is 2.68. The molecule has 0 aliphatic heterocycles. The second kappa shape index (κ2) is 2.47. The lowest BCUT2D eigenvalue weighted by atomic mass is 9.61. The summed E-state index contributed by atoms with van der Waals surface area (Å²) >= 11 is 0. The van der Waals surface area contributed by atoms with Crippen molar-refractivity contribution in [2.24, 2.45) is 11.3 Å². The summed E-state index contributed by atoms with van der Waals surface area (Å²) < 4.78 is 0. The Labute approximate surface area is 68.5 Å². The average molecular weight is 152 g/mol. The zero-order valence-electron chi connectivity index (χ0n) is 7.77. The van der Waals surface area contributed by atoms with E-state index in [1.54, 1.807) is 0 Å². The molecule has 0 bridgehead atoms. The SMILES string of the molecule is CC(C)=CC1CC(=O)C1(C)C. The fourth-order valence-electron chi connectivity index (χ4n) is 1.46. The van der Waals surface area contributed by atoms with Gasteiger partial charge in [0, 0.05) is 11.8 Å². The van der Waals surface area contributed by atoms with E-state index in [-0.39, 0.29) is 5.41 Å². The molecular formula is C10H16O. The van der Waals surface area contributed by atoms with Crippen molar-refractivity contribution in [3.8, 4) is 0 Å². The first-order chi connectivity index (χ1) is 4.94. The molecule has 0 spiro atoms. The van der Waals surface area contributed by atoms with Gasteiger partial charge in [-0.25, -0.2) is 0 Å². The van der Waals surface area contributed by atoms with Gasteiger partial charge < -0.3 is 0 Å². The predicted molar refractivity (Wildman–Crippen MR) is 46.3 cm³/mol. The number of carbonyl (C=O) groups is 1. The van der Waals surface area contributed by atoms with Crippen LogP contribution in [0.15, 0.2) is 11.6 Å². The van der Waals surface area contributed by atoms with Gasteiger partial charge in [0.15, 0.2) is 0 Å². The third-order valence-corrected chi connectivity index (χ3v) is 2.59. The quantitative estimate of drug-likeness (QED) is 0.528. The maximum absolute atomic E-state index is 11.1. The smallest absolute Gasteiger partial charge is 0.139 e. The summed E-state index contributed by atoms with van der Waals surface area (Å²) in [7, 11) is 0. The van der Waals surface area contributed by atoms with Crippen LogP contribution in [0.3, 0.4) is 0 Å². The Hall–Kier alpha value is -0.590. The number of hydrogen-bond donors (Lipinski definition) is 0. The molecule has 1 rings (SSSR count). The van der Waals surface area contributed by atoms with Crippen LogP contribution in [0.5, 0.6) is 0 Å². The van der Waals surface area contributed by atoms with Crippen LogP contribution in [0.1, 0.15) is 34.1 Å². The minimum absolute atomic E-state index is 0.0860. The predicted octanol–water partition coefficient (Wildman–Crippen LogP) is 2.57. The summed E-state index contributed by atoms with van der Waals surface area (Å²) in [4.78, 5) is 11.1. The second-order valence-electron chi connectivity index (χ2n) is 4.20. The highest BCUT2D eigenvalue weighted by Crippen LogP contribution is 2.43. The molecule has 1 aliphatic carbocycles. The molecule has 0 aromatic heterocycles. The molecule has 1 atom stereocenters. The first-order valence-corrected chi connectivity index (χ1v) is 4.13. The normalized spacial score (nSPS) is 27.6. The van der Waals surface area contributed by atoms with Crippen LogP contribution in [0.2, 0.25) is 0 Å². The van der Waals surface area contributed by atoms with Gasteiger partial charge in [-0.1, -0.05) is 25.5 Å². The van der Waals surface area contributed by atoms with Crippen LogP contribution in [0.4, 0.5) is 0 Å². The molecule has 1 saturated carbocycles. The van der Waals surface area contributed by atoms with E-state index in [4.69, 9.17) is 0 Å². The maximum Gasteiger partial charge on any atom is 0.139 e. The highest BCUT2D eigenvalue weighted by atomic mass is 16.1. The van der Waals surface area contributed by atoms with Gasteiger partial charge in [-0.15, -0.1) is 0 Å². The van der Waals surface area contributed by atoms with Crippen molar-refractivity contribution in [2.75, 3.05) is 0 Å². The molecule has 0 N–H and O–H groups in total. The zero-order chi connectivity index (χ0) is 8.65. The van der Waals surface area contributed by atoms with E-state index in [1.807, 2.05) is 13.8 Å². The molecular weight excluding hydrogens is 136 g/mol. The number of allylic oxidation sites excluding steroid dienone is 2. The van der Waals surface area contributed by atoms with Gasteiger partial charge >= 0.3 is 0 Å². The van der Waals surface area contributed by atoms with Crippen molar-refractivity contribution in [1.29, 1.82) is 0 Å². The number of carbonyl (C=O) groups excluding carboxylic acids is 1. The topological polar surface area (TPSA) is 17.1 Å². The van der Waals surface area contributed by atoms with Crippen molar-refractivity contribution < 1.29 is 4.79 Å². The van der Waals surface area contributed by atoms with Gasteiger partial charge in [0.1, 0.15) is 5.78 Å². The zero-order valence-corrected chi connectivity index (χ0v) is 7.77. The molecule has 11 heavy (non-hydrogen) atoms. The lowest BCUT2D eigenvalue weighted by molar-refractivity contribution is -0.139. The lowest BCUT2D eigenvalue weighted by Gasteiger charge is -2.41. The summed E-state index contributed by atoms with van der Waals surface area (Å²) in [6.07, 6.45) is 2.96. The van der Waals surface area contributed by atoms with E-state index >= 15 is 0 Å². The standard InChI is InChI=1S/C10H16O/c1-7(2)5-8-6-9(11)10(8,3)4/h5,8H,6H2,1-4H3. The molecule has 1 nitrogen and oxygen atoms in total. The molecule has 0 aromatic carbocycles. The van der Waals surface area contributed by atoms with Crippen molar-refractivity contribution in [1.82, 2.24) is 0 Å². The molecule has 0 amide bonds. The Kier molecular flexibility index (Phi) is 1.91. The summed E-state index contributed by atoms with van der Waals surface area (Å²) in [5.41, 5.74) is 1.23. The Morgan fingerprint density at radius 3 is 2.36 bits per heavy atom. The highest BCUT2D eigenvalue weighted by Gasteiger charge is 2.45. The van der Waals surface area contributed by atoms with Crippen LogP contribution in [0.25, 0.3) is 0 Å². The van der Waals surface area contributed by atoms with Gasteiger partial charge in [-0.2, -0.15) is 0 Å². The third-order valence-electron chi connectivity index (χ3n) is 2.59. The van der Waals surface area contributed by atoms with Crippen LogP contribution in [0, 0.1) is 11.3 Å². The molecule has 0 radical (unpaired) electrons. The number of hydrogen-bond acceptors (Lipinski definition) is 1. The molecule has 0 aromatic rings. The molecule has 1 aliphatic rings. The highest BCUT2D eigenvalue weighted by molar-refractivity contribution is 5.91. The molecule has 1 unspecified atom stereocenters. The van der Waals surface area contributed by atoms with Gasteiger partial charge in [0.25, 0.3) is 0 Å². The van der Waals surface area contributed by atoms with Crippen LogP contribution < -0.4 is 0 Å². The lowest BCUT2D eigenvalue weighted by Crippen LogP contribution is -2.44. The van der Waals surface area contributed by atoms with Crippen molar-refractivity contribution in [3.63, 3.8) is 0 Å². The van der Waals surface area contributed by atoms with Gasteiger partial charge in [-0.3, -0.25) is 4.79 Å². The molecule has 62 valence electrons. The fourth-order valence-corrected chi connectivity index (χ4v) is 1.46. The molecule has 1 fully saturated rings. The monoisotopic (exact) mass is 152 g/mol. The first-order valence-electron chi connectivity index (χ1n) is 4.13. The Bertz CT molecular complexity index is 207. The number of Topliss-reactive ketones (excluding diaryl/α,β-unsaturated/α-hetero) is 1. The number of rotatable bonds is 1. The largest absolute Gasteiger partial charge is 0.299 e. The third kappa shape index (κ3) is 1.37. The summed E-state index contributed by atoms with van der Waals surface area (Å²) in [5.74, 6) is 0.889. The average Bonchev–Trinajstić information content (AvgIpc) is 1.87. The Morgan fingerprint density at radius 2 is 2.09 bits per heavy atom. The maximum atomic E-state index is 11.1. The van der Waals surface area contributed by atoms with E-state index in [0.717, 1.165) is 6.42 Å². The van der Waals surface area contributed by atoms with Crippen LogP contribution in [-0.4, -0.2) is 5.78 Å². The van der Waals surface area contributed by atoms with E-state index in [2.05, 4.69) is 19.9 Å². The summed E-state index contributed by atoms with van der Waals surface area (Å²) in [6.45, 7) is 8.23. The minimum Gasteiger partial charge on any atom is -0.299 e. The van der Waals surface area contributed by atoms with E-state index < -0.39 is 0 Å². The van der Waals surface area contributed by atoms with E-state index in [0.29, 0.717) is 11.7 Å². The summed E-state index contributed by atoms with van der Waals surface area (Å²) in [5, 5.41) is 0. The van der Waals surface area contributed by atoms with Crippen molar-refractivity contribution in [2.45, 2.75) is 34.1 Å². The molecule has 1 heteroatoms. The van der Waals surface area contributed by atoms with E-state index in [1.165, 1.54) is 5.57 Å². The van der Waals surface area contributed by atoms with Gasteiger partial charge in [0.05, 0.1) is 0 Å². The van der Waals surface area contributed by atoms with Crippen LogP contribution in [-0.2, 0) is 4.79 Å². The first kappa shape index (κ1) is 8.51. The van der Waals surface area contributed by atoms with Crippen molar-refractivity contribution in [3.05, 3.63) is 11.6 Å². The number of ketones is 1. The van der Waals surface area contributed by atoms with Gasteiger partial charge in [0.2, 0.25) is 0 Å². The minimum atomic E-state index is -0.0860. The van der Waals surface area contributed by atoms with Crippen LogP contribution >= 0.6 is 0 Å². The molecule has 0 heterocycles. The molecule has 0 saturated heterocycles. The van der Waals surface area contributed by atoms with Crippen molar-refractivity contribution >= 4 is 5.78 Å².